The van der Waals surface area contributed by atoms with E-state index >= 15 is 0 Å². The molecule has 0 unspecified atom stereocenters. The molecule has 32 heavy (non-hydrogen) atoms. The van der Waals surface area contributed by atoms with Gasteiger partial charge in [-0.25, -0.2) is 14.3 Å². The average molecular weight is 439 g/mol. The lowest BCUT2D eigenvalue weighted by Gasteiger charge is -2.16. The van der Waals surface area contributed by atoms with Crippen LogP contribution in [0.1, 0.15) is 56.3 Å². The average Bonchev–Trinajstić information content (AvgIpc) is 3.14. The second kappa shape index (κ2) is 8.09. The minimum absolute atomic E-state index is 0.0561. The molecule has 2 aliphatic rings. The van der Waals surface area contributed by atoms with Crippen molar-refractivity contribution in [3.63, 3.8) is 0 Å². The van der Waals surface area contributed by atoms with Crippen LogP contribution in [0.15, 0.2) is 24.5 Å². The van der Waals surface area contributed by atoms with Crippen LogP contribution in [0.5, 0.6) is 0 Å². The fourth-order valence-electron chi connectivity index (χ4n) is 4.27. The van der Waals surface area contributed by atoms with Crippen LogP contribution in [0.3, 0.4) is 0 Å². The zero-order valence-corrected chi connectivity index (χ0v) is 18.8. The predicted octanol–water partition coefficient (Wildman–Crippen LogP) is 3.17. The number of rotatable bonds is 7. The van der Waals surface area contributed by atoms with Gasteiger partial charge in [0.1, 0.15) is 11.6 Å². The Morgan fingerprint density at radius 3 is 2.97 bits per heavy atom. The predicted molar refractivity (Wildman–Crippen MR) is 120 cm³/mol. The Bertz CT molecular complexity index is 1120. The summed E-state index contributed by atoms with van der Waals surface area (Å²) >= 11 is 0. The Balaban J connectivity index is 1.22. The molecule has 3 heterocycles. The summed E-state index contributed by atoms with van der Waals surface area (Å²) in [7, 11) is 4.04. The van der Waals surface area contributed by atoms with Crippen molar-refractivity contribution < 1.29 is 9.53 Å². The summed E-state index contributed by atoms with van der Waals surface area (Å²) in [4.78, 5) is 18.6. The van der Waals surface area contributed by atoms with Gasteiger partial charge in [-0.3, -0.25) is 5.10 Å². The smallest absolute Gasteiger partial charge is 0.407 e. The maximum Gasteiger partial charge on any atom is 0.407 e. The highest BCUT2D eigenvalue weighted by Gasteiger charge is 2.40. The van der Waals surface area contributed by atoms with Crippen LogP contribution < -0.4 is 10.6 Å². The number of nitrogens with zero attached hydrogens (tertiary/aromatic N) is 5. The molecule has 10 heteroatoms. The molecule has 10 nitrogen and oxygen atoms in total. The van der Waals surface area contributed by atoms with Gasteiger partial charge in [-0.05, 0) is 59.2 Å². The molecule has 3 aromatic heterocycles. The van der Waals surface area contributed by atoms with Gasteiger partial charge in [0.15, 0.2) is 11.6 Å². The molecule has 0 saturated heterocycles. The van der Waals surface area contributed by atoms with Crippen LogP contribution in [0.4, 0.5) is 16.4 Å². The molecule has 0 spiro atoms. The first-order valence-electron chi connectivity index (χ1n) is 11.2. The maximum absolute atomic E-state index is 12.1. The van der Waals surface area contributed by atoms with Crippen LogP contribution in [0.25, 0.3) is 5.52 Å². The monoisotopic (exact) mass is 438 g/mol. The minimum Gasteiger partial charge on any atom is -0.446 e. The lowest BCUT2D eigenvalue weighted by Crippen LogP contribution is -2.36. The first-order valence-corrected chi connectivity index (χ1v) is 11.2. The number of carbonyl (C=O) groups is 1. The molecule has 0 aromatic carbocycles. The molecule has 2 fully saturated rings. The van der Waals surface area contributed by atoms with E-state index in [1.165, 1.54) is 0 Å². The maximum atomic E-state index is 12.1. The van der Waals surface area contributed by atoms with Crippen LogP contribution in [-0.4, -0.2) is 61.5 Å². The van der Waals surface area contributed by atoms with E-state index in [9.17, 15) is 4.79 Å². The SMILES string of the molecule is CN(C)Cc1cc2c(Nc3cc([C@H]4CC[C@@H](OC(=O)NC5(C)CC5)C4)[nH]n3)nccn2n1. The number of aromatic amines is 1. The summed E-state index contributed by atoms with van der Waals surface area (Å²) in [6.07, 6.45) is 7.89. The lowest BCUT2D eigenvalue weighted by atomic mass is 10.0. The van der Waals surface area contributed by atoms with Gasteiger partial charge in [-0.15, -0.1) is 0 Å². The minimum atomic E-state index is -0.295. The van der Waals surface area contributed by atoms with Crippen molar-refractivity contribution in [1.82, 2.24) is 35.0 Å². The first-order chi connectivity index (χ1) is 15.4. The van der Waals surface area contributed by atoms with Gasteiger partial charge in [-0.2, -0.15) is 10.2 Å². The number of aromatic nitrogens is 5. The summed E-state index contributed by atoms with van der Waals surface area (Å²) in [5, 5.41) is 18.4. The molecular formula is C22H30N8O2. The van der Waals surface area contributed by atoms with Gasteiger partial charge in [0.2, 0.25) is 0 Å². The van der Waals surface area contributed by atoms with Crippen molar-refractivity contribution in [2.24, 2.45) is 0 Å². The molecule has 5 rings (SSSR count). The number of ether oxygens (including phenoxy) is 1. The van der Waals surface area contributed by atoms with Crippen molar-refractivity contribution in [3.05, 3.63) is 35.9 Å². The number of hydrogen-bond donors (Lipinski definition) is 3. The highest BCUT2D eigenvalue weighted by Crippen LogP contribution is 2.37. The molecule has 3 aromatic rings. The van der Waals surface area contributed by atoms with Crippen LogP contribution in [-0.2, 0) is 11.3 Å². The topological polar surface area (TPSA) is 112 Å². The zero-order valence-electron chi connectivity index (χ0n) is 18.8. The van der Waals surface area contributed by atoms with Crippen molar-refractivity contribution in [3.8, 4) is 0 Å². The summed E-state index contributed by atoms with van der Waals surface area (Å²) in [6.45, 7) is 2.81. The molecule has 170 valence electrons. The van der Waals surface area contributed by atoms with Gasteiger partial charge in [0, 0.05) is 42.2 Å². The highest BCUT2D eigenvalue weighted by atomic mass is 16.6. The van der Waals surface area contributed by atoms with Crippen LogP contribution in [0, 0.1) is 0 Å². The molecule has 0 aliphatic heterocycles. The molecule has 0 radical (unpaired) electrons. The number of amides is 1. The third-order valence-corrected chi connectivity index (χ3v) is 6.26. The van der Waals surface area contributed by atoms with Crippen molar-refractivity contribution in [2.75, 3.05) is 19.4 Å². The van der Waals surface area contributed by atoms with Gasteiger partial charge in [0.05, 0.1) is 5.69 Å². The third kappa shape index (κ3) is 4.55. The molecule has 2 aliphatic carbocycles. The second-order valence-electron chi connectivity index (χ2n) is 9.54. The molecule has 3 N–H and O–H groups in total. The van der Waals surface area contributed by atoms with E-state index < -0.39 is 0 Å². The molecule has 0 bridgehead atoms. The Labute approximate surface area is 186 Å². The molecule has 2 saturated carbocycles. The number of nitrogens with one attached hydrogen (secondary N) is 3. The van der Waals surface area contributed by atoms with E-state index in [4.69, 9.17) is 4.74 Å². The fourth-order valence-corrected chi connectivity index (χ4v) is 4.27. The van der Waals surface area contributed by atoms with Crippen molar-refractivity contribution in [2.45, 2.75) is 63.1 Å². The second-order valence-corrected chi connectivity index (χ2v) is 9.54. The summed E-state index contributed by atoms with van der Waals surface area (Å²) in [5.74, 6) is 1.71. The molecular weight excluding hydrogens is 408 g/mol. The van der Waals surface area contributed by atoms with E-state index in [0.717, 1.165) is 55.6 Å². The van der Waals surface area contributed by atoms with Gasteiger partial charge in [-0.1, -0.05) is 0 Å². The van der Waals surface area contributed by atoms with E-state index in [1.807, 2.05) is 43.9 Å². The van der Waals surface area contributed by atoms with E-state index in [1.54, 1.807) is 6.20 Å². The van der Waals surface area contributed by atoms with Gasteiger partial charge < -0.3 is 20.3 Å². The first kappa shape index (κ1) is 20.7. The van der Waals surface area contributed by atoms with E-state index in [0.29, 0.717) is 11.6 Å². The Morgan fingerprint density at radius 1 is 1.34 bits per heavy atom. The normalized spacial score (nSPS) is 21.8. The van der Waals surface area contributed by atoms with Crippen molar-refractivity contribution in [1.29, 1.82) is 0 Å². The summed E-state index contributed by atoms with van der Waals surface area (Å²) in [6, 6.07) is 4.05. The largest absolute Gasteiger partial charge is 0.446 e. The fraction of sp³-hybridized carbons (Fsp3) is 0.545. The Morgan fingerprint density at radius 2 is 2.19 bits per heavy atom. The van der Waals surface area contributed by atoms with Gasteiger partial charge >= 0.3 is 6.09 Å². The Kier molecular flexibility index (Phi) is 5.24. The van der Waals surface area contributed by atoms with Gasteiger partial charge in [0.25, 0.3) is 0 Å². The number of carbonyl (C=O) groups excluding carboxylic acids is 1. The third-order valence-electron chi connectivity index (χ3n) is 6.26. The number of H-pyrrole nitrogens is 1. The van der Waals surface area contributed by atoms with Crippen molar-refractivity contribution >= 4 is 23.2 Å². The standard InChI is InChI=1S/C22H30N8O2/c1-22(6-7-22)25-21(31)32-16-5-4-14(10-16)17-12-19(27-26-17)24-20-18-11-15(13-29(2)3)28-30(18)9-8-23-20/h8-9,11-12,14,16H,4-7,10,13H2,1-3H3,(H,25,31)(H2,23,24,26,27)/t14-,16+/m0/s1. The van der Waals surface area contributed by atoms with E-state index in [2.05, 4.69) is 35.8 Å². The number of alkyl carbamates (subject to hydrolysis) is 1. The zero-order chi connectivity index (χ0) is 22.3. The number of hydrogen-bond acceptors (Lipinski definition) is 7. The molecule has 1 amide bonds. The number of fused-ring (bicyclic) bond motifs is 1. The quantitative estimate of drug-likeness (QED) is 0.519. The summed E-state index contributed by atoms with van der Waals surface area (Å²) in [5.41, 5.74) is 2.87. The summed E-state index contributed by atoms with van der Waals surface area (Å²) < 4.78 is 7.46. The van der Waals surface area contributed by atoms with Crippen LogP contribution in [0.2, 0.25) is 0 Å². The van der Waals surface area contributed by atoms with E-state index in [-0.39, 0.29) is 23.7 Å². The number of anilines is 2. The van der Waals surface area contributed by atoms with Crippen LogP contribution >= 0.6 is 0 Å². The Hall–Kier alpha value is -3.14. The highest BCUT2D eigenvalue weighted by molar-refractivity contribution is 5.72. The lowest BCUT2D eigenvalue weighted by molar-refractivity contribution is 0.0967. The molecule has 2 atom stereocenters.